The van der Waals surface area contributed by atoms with Gasteiger partial charge in [0.05, 0.1) is 47.1 Å². The van der Waals surface area contributed by atoms with Gasteiger partial charge in [0.15, 0.2) is 0 Å². The first kappa shape index (κ1) is 47.6. The highest BCUT2D eigenvalue weighted by Crippen LogP contribution is 2.49. The van der Waals surface area contributed by atoms with E-state index in [9.17, 15) is 31.0 Å². The lowest BCUT2D eigenvalue weighted by Crippen LogP contribution is -2.45. The fourth-order valence-electron chi connectivity index (χ4n) is 10.1. The van der Waals surface area contributed by atoms with Crippen LogP contribution in [0.2, 0.25) is 0 Å². The maximum atomic E-state index is 13.7. The number of anilines is 1. The molecule has 0 saturated carbocycles. The highest BCUT2D eigenvalue weighted by molar-refractivity contribution is 9.09. The van der Waals surface area contributed by atoms with Crippen molar-refractivity contribution < 1.29 is 45.2 Å². The Labute approximate surface area is 390 Å². The Morgan fingerprint density at radius 2 is 1.49 bits per heavy atom. The number of carbonyl (C=O) groups excluding carboxylic acids is 2. The Morgan fingerprint density at radius 1 is 0.815 bits per heavy atom. The van der Waals surface area contributed by atoms with Crippen molar-refractivity contribution in [3.63, 3.8) is 0 Å². The highest BCUT2D eigenvalue weighted by Gasteiger charge is 2.36. The molecule has 5 aliphatic heterocycles. The van der Waals surface area contributed by atoms with E-state index in [1.54, 1.807) is 0 Å². The van der Waals surface area contributed by atoms with Crippen molar-refractivity contribution in [3.8, 4) is 11.5 Å². The molecule has 2 amide bonds. The van der Waals surface area contributed by atoms with Gasteiger partial charge in [-0.25, -0.2) is 26.1 Å². The zero-order chi connectivity index (χ0) is 45.9. The maximum Gasteiger partial charge on any atom is 0.240 e. The number of sulfonamides is 1. The Kier molecular flexibility index (Phi) is 15.0. The summed E-state index contributed by atoms with van der Waals surface area (Å²) in [6.07, 6.45) is 9.08. The number of unbranched alkanes of at least 4 members (excludes halogenated alkanes) is 2. The molecule has 5 heterocycles. The summed E-state index contributed by atoms with van der Waals surface area (Å²) in [5, 5.41) is 7.86. The Balaban J connectivity index is 0.952. The maximum absolute atomic E-state index is 13.7. The molecule has 2 unspecified atom stereocenters. The van der Waals surface area contributed by atoms with Gasteiger partial charge in [-0.15, -0.1) is 0 Å². The van der Waals surface area contributed by atoms with Crippen LogP contribution in [0, 0.1) is 0 Å². The summed E-state index contributed by atoms with van der Waals surface area (Å²) in [5.41, 5.74) is 7.28. The molecule has 18 heteroatoms. The van der Waals surface area contributed by atoms with Crippen molar-refractivity contribution >= 4 is 59.1 Å². The monoisotopic (exact) mass is 997 g/mol. The van der Waals surface area contributed by atoms with E-state index in [1.165, 1.54) is 34.3 Å². The van der Waals surface area contributed by atoms with Crippen molar-refractivity contribution in [1.29, 1.82) is 0 Å². The fraction of sp³-hybridized carbons (Fsp3) is 0.553. The van der Waals surface area contributed by atoms with Crippen molar-refractivity contribution in [2.75, 3.05) is 69.4 Å². The summed E-state index contributed by atoms with van der Waals surface area (Å²) in [5.74, 6) is 1.15. The molecule has 0 aliphatic carbocycles. The van der Waals surface area contributed by atoms with Crippen LogP contribution in [-0.4, -0.2) is 110 Å². The first-order chi connectivity index (χ1) is 31.2. The smallest absolute Gasteiger partial charge is 0.240 e. The van der Waals surface area contributed by atoms with Gasteiger partial charge in [0.2, 0.25) is 27.2 Å². The van der Waals surface area contributed by atoms with Gasteiger partial charge in [0.1, 0.15) is 34.7 Å². The van der Waals surface area contributed by atoms with E-state index in [0.29, 0.717) is 62.8 Å². The third kappa shape index (κ3) is 10.6. The van der Waals surface area contributed by atoms with Gasteiger partial charge in [-0.1, -0.05) is 28.4 Å². The van der Waals surface area contributed by atoms with Crippen LogP contribution < -0.4 is 40.1 Å². The van der Waals surface area contributed by atoms with Gasteiger partial charge in [-0.05, 0) is 95.0 Å². The van der Waals surface area contributed by atoms with Crippen molar-refractivity contribution in [2.45, 2.75) is 113 Å². The molecule has 0 spiro atoms. The standard InChI is InChI=1S/C47H60BrN5O10S2/c1-30(28-61-22-23-62-29-31(2)51-42(55)27-48)50-41(54)14-4-3-5-17-49-64(56,57)34-15-16-35(40(26-34)65(58,59)60)43-38-24-32-10-6-18-52-20-8-12-36(44(32)52)46(38)63-47-37-13-9-21-53-19-7-11-33(45(37)53)25-39(43)47/h15-16,24-26,30-31,49H,3-14,17-23,27-29H2,1-2H3,(H2-,50,51,54,55,58,59,60). The van der Waals surface area contributed by atoms with Gasteiger partial charge in [0, 0.05) is 89.7 Å². The summed E-state index contributed by atoms with van der Waals surface area (Å²) in [6, 6.07) is 7.77. The molecule has 8 rings (SSSR count). The summed E-state index contributed by atoms with van der Waals surface area (Å²) in [7, 11) is -9.40. The number of hydrogen-bond donors (Lipinski definition) is 3. The lowest BCUT2D eigenvalue weighted by atomic mass is 9.82. The number of nitrogens with one attached hydrogen (secondary N) is 3. The first-order valence-electron chi connectivity index (χ1n) is 23.1. The molecule has 0 aromatic heterocycles. The number of fused-ring (bicyclic) bond motifs is 4. The number of carbonyl (C=O) groups is 2. The summed E-state index contributed by atoms with van der Waals surface area (Å²) >= 11 is 3.11. The topological polar surface area (TPSA) is 196 Å². The number of halogens is 1. The summed E-state index contributed by atoms with van der Waals surface area (Å²) < 4.78 is 90.6. The van der Waals surface area contributed by atoms with Crippen molar-refractivity contribution in [1.82, 2.24) is 19.9 Å². The van der Waals surface area contributed by atoms with E-state index in [4.69, 9.17) is 14.2 Å². The number of ether oxygens (including phenoxy) is 3. The molecule has 3 aromatic rings. The third-order valence-corrected chi connectivity index (χ3v) is 15.8. The largest absolute Gasteiger partial charge is 0.744 e. The number of aryl methyl sites for hydroxylation is 2. The highest BCUT2D eigenvalue weighted by atomic mass is 79.9. The van der Waals surface area contributed by atoms with E-state index in [1.807, 2.05) is 13.8 Å². The average Bonchev–Trinajstić information content (AvgIpc) is 3.28. The summed E-state index contributed by atoms with van der Waals surface area (Å²) in [4.78, 5) is 25.5. The Morgan fingerprint density at radius 3 is 2.22 bits per heavy atom. The molecule has 2 atom stereocenters. The third-order valence-electron chi connectivity index (χ3n) is 12.9. The Hall–Kier alpha value is -3.91. The molecule has 352 valence electrons. The number of benzene rings is 3. The van der Waals surface area contributed by atoms with Crippen LogP contribution in [0.15, 0.2) is 40.1 Å². The molecular weight excluding hydrogens is 939 g/mol. The minimum Gasteiger partial charge on any atom is -0.744 e. The van der Waals surface area contributed by atoms with Gasteiger partial charge in [0.25, 0.3) is 0 Å². The predicted molar refractivity (Wildman–Crippen MR) is 249 cm³/mol. The van der Waals surface area contributed by atoms with Gasteiger partial charge < -0.3 is 34.3 Å². The lowest BCUT2D eigenvalue weighted by Gasteiger charge is -2.39. The molecule has 3 N–H and O–H groups in total. The molecule has 0 radical (unpaired) electrons. The average molecular weight is 999 g/mol. The number of alkyl halides is 1. The van der Waals surface area contributed by atoms with Gasteiger partial charge in [-0.2, -0.15) is 0 Å². The second kappa shape index (κ2) is 20.5. The zero-order valence-corrected chi connectivity index (χ0v) is 40.5. The van der Waals surface area contributed by atoms with Crippen LogP contribution in [0.1, 0.15) is 98.6 Å². The van der Waals surface area contributed by atoms with Crippen LogP contribution in [-0.2, 0) is 64.9 Å². The van der Waals surface area contributed by atoms with E-state index in [-0.39, 0.29) is 52.7 Å². The van der Waals surface area contributed by atoms with Crippen LogP contribution in [0.5, 0.6) is 11.5 Å². The minimum absolute atomic E-state index is 0.0599. The molecule has 5 aliphatic rings. The van der Waals surface area contributed by atoms with Crippen molar-refractivity contribution in [2.24, 2.45) is 0 Å². The van der Waals surface area contributed by atoms with Crippen LogP contribution in [0.3, 0.4) is 0 Å². The molecule has 0 fully saturated rings. The predicted octanol–water partition coefficient (Wildman–Crippen LogP) is 3.30. The summed E-state index contributed by atoms with van der Waals surface area (Å²) in [6.45, 7) is 8.99. The number of nitrogens with zero attached hydrogens (tertiary/aromatic N) is 2. The number of hydrogen-bond acceptors (Lipinski definition) is 11. The lowest BCUT2D eigenvalue weighted by molar-refractivity contribution is -0.122. The SMILES string of the molecule is CC(COCCOCC(C)NC(=O)CCCCCNS(=O)(=O)c1ccc(C2=c3cc4c5c(c3Oc3c2cc2c6c3CCCN6CCC2)CCC[N+]=5CCC4)c(S(=O)(=O)[O-])c1)NC(=O)CBr. The molecular formula is C47H60BrN5O10S2. The second-order valence-corrected chi connectivity index (χ2v) is 21.6. The van der Waals surface area contributed by atoms with E-state index >= 15 is 0 Å². The van der Waals surface area contributed by atoms with Crippen LogP contribution in [0.25, 0.3) is 5.57 Å². The number of amides is 2. The molecule has 15 nitrogen and oxygen atoms in total. The quantitative estimate of drug-likeness (QED) is 0.0509. The molecule has 0 saturated heterocycles. The molecule has 0 bridgehead atoms. The normalized spacial score (nSPS) is 17.3. The minimum atomic E-state index is -5.18. The van der Waals surface area contributed by atoms with Crippen LogP contribution >= 0.6 is 15.9 Å². The van der Waals surface area contributed by atoms with Crippen LogP contribution in [0.4, 0.5) is 5.69 Å². The van der Waals surface area contributed by atoms with E-state index in [0.717, 1.165) is 106 Å². The van der Waals surface area contributed by atoms with Gasteiger partial charge in [-0.3, -0.25) is 9.59 Å². The number of rotatable bonds is 20. The van der Waals surface area contributed by atoms with E-state index in [2.05, 4.69) is 52.9 Å². The fourth-order valence-corrected chi connectivity index (χ4v) is 12.2. The van der Waals surface area contributed by atoms with E-state index < -0.39 is 25.0 Å². The second-order valence-electron chi connectivity index (χ2n) is 17.9. The first-order valence-corrected chi connectivity index (χ1v) is 27.1. The molecule has 3 aromatic carbocycles. The zero-order valence-electron chi connectivity index (χ0n) is 37.3. The molecule has 65 heavy (non-hydrogen) atoms. The van der Waals surface area contributed by atoms with Gasteiger partial charge >= 0.3 is 0 Å². The Bertz CT molecular complexity index is 2690. The van der Waals surface area contributed by atoms with Crippen molar-refractivity contribution in [3.05, 3.63) is 74.3 Å².